The second-order valence-electron chi connectivity index (χ2n) is 9.14. The molecule has 0 radical (unpaired) electrons. The number of hydrogen-bond acceptors (Lipinski definition) is 8. The molecule has 0 bridgehead atoms. The van der Waals surface area contributed by atoms with Gasteiger partial charge in [0.15, 0.2) is 10.9 Å². The number of halogens is 1. The van der Waals surface area contributed by atoms with Crippen molar-refractivity contribution in [3.05, 3.63) is 112 Å². The predicted octanol–water partition coefficient (Wildman–Crippen LogP) is 7.16. The highest BCUT2D eigenvalue weighted by Crippen LogP contribution is 2.32. The molecule has 0 saturated heterocycles. The van der Waals surface area contributed by atoms with Crippen molar-refractivity contribution in [1.29, 1.82) is 0 Å². The zero-order chi connectivity index (χ0) is 29.6. The van der Waals surface area contributed by atoms with E-state index in [-0.39, 0.29) is 28.8 Å². The Kier molecular flexibility index (Phi) is 8.85. The molecule has 0 aliphatic rings. The third-order valence-electron chi connectivity index (χ3n) is 6.08. The van der Waals surface area contributed by atoms with Crippen molar-refractivity contribution < 1.29 is 23.5 Å². The van der Waals surface area contributed by atoms with Crippen molar-refractivity contribution in [2.24, 2.45) is 0 Å². The van der Waals surface area contributed by atoms with E-state index in [2.05, 4.69) is 26.7 Å². The topological polar surface area (TPSA) is 123 Å². The maximum Gasteiger partial charge on any atom is 0.338 e. The molecular weight excluding hydrogens is 576 g/mol. The maximum atomic E-state index is 13.4. The number of nitrogens with zero attached hydrogens (tertiary/aromatic N) is 2. The number of aryl methyl sites for hydroxylation is 1. The van der Waals surface area contributed by atoms with Crippen LogP contribution in [0.1, 0.15) is 49.5 Å². The number of aromatic nitrogens is 2. The van der Waals surface area contributed by atoms with Gasteiger partial charge in [-0.1, -0.05) is 65.3 Å². The number of carbonyl (C=O) groups excluding carboxylic acids is 3. The molecule has 2 N–H and O–H groups in total. The van der Waals surface area contributed by atoms with Gasteiger partial charge in [0.25, 0.3) is 11.8 Å². The van der Waals surface area contributed by atoms with Crippen LogP contribution in [0, 0.1) is 6.92 Å². The lowest BCUT2D eigenvalue weighted by Gasteiger charge is -2.09. The summed E-state index contributed by atoms with van der Waals surface area (Å²) in [5.74, 6) is -1.19. The van der Waals surface area contributed by atoms with Crippen molar-refractivity contribution in [3.8, 4) is 0 Å². The highest BCUT2D eigenvalue weighted by molar-refractivity contribution is 7.98. The summed E-state index contributed by atoms with van der Waals surface area (Å²) in [6, 6.07) is 21.2. The molecule has 5 rings (SSSR count). The zero-order valence-electron chi connectivity index (χ0n) is 22.6. The highest BCUT2D eigenvalue weighted by atomic mass is 35.5. The minimum Gasteiger partial charge on any atom is -0.462 e. The van der Waals surface area contributed by atoms with E-state index < -0.39 is 17.8 Å². The number of ether oxygens (including phenoxy) is 1. The molecule has 2 heterocycles. The van der Waals surface area contributed by atoms with E-state index in [0.29, 0.717) is 33.1 Å². The summed E-state index contributed by atoms with van der Waals surface area (Å²) in [6.45, 7) is 4.00. The number of fused-ring (bicyclic) bond motifs is 1. The molecule has 0 spiro atoms. The standard InChI is InChI=1S/C31H25ClN4O5S/c1-3-40-30(39)20-11-13-21(14-12-20)34-29(38)27-25(22-9-4-5-10-24(22)41-27)35-28(37)26-23(32)16-33-31(36-26)42-17-19-8-6-7-18(2)15-19/h4-16H,3,17H2,1-2H3,(H,34,38)(H,35,37). The van der Waals surface area contributed by atoms with Gasteiger partial charge in [0, 0.05) is 16.8 Å². The highest BCUT2D eigenvalue weighted by Gasteiger charge is 2.25. The van der Waals surface area contributed by atoms with Crippen LogP contribution in [0.2, 0.25) is 5.02 Å². The smallest absolute Gasteiger partial charge is 0.338 e. The molecule has 9 nitrogen and oxygen atoms in total. The fraction of sp³-hybridized carbons (Fsp3) is 0.129. The summed E-state index contributed by atoms with van der Waals surface area (Å²) in [6.07, 6.45) is 1.38. The number of rotatable bonds is 9. The third kappa shape index (κ3) is 6.62. The van der Waals surface area contributed by atoms with Gasteiger partial charge in [-0.15, -0.1) is 0 Å². The number of esters is 1. The summed E-state index contributed by atoms with van der Waals surface area (Å²) >= 11 is 7.70. The first-order valence-corrected chi connectivity index (χ1v) is 14.3. The quantitative estimate of drug-likeness (QED) is 0.104. The number of anilines is 2. The summed E-state index contributed by atoms with van der Waals surface area (Å²) in [7, 11) is 0. The number of carbonyl (C=O) groups is 3. The largest absolute Gasteiger partial charge is 0.462 e. The Morgan fingerprint density at radius 2 is 1.76 bits per heavy atom. The van der Waals surface area contributed by atoms with Gasteiger partial charge in [0.2, 0.25) is 5.76 Å². The normalized spacial score (nSPS) is 10.8. The lowest BCUT2D eigenvalue weighted by Crippen LogP contribution is -2.19. The molecule has 212 valence electrons. The molecule has 0 aliphatic carbocycles. The first-order chi connectivity index (χ1) is 20.3. The van der Waals surface area contributed by atoms with Crippen LogP contribution in [0.15, 0.2) is 88.6 Å². The van der Waals surface area contributed by atoms with Crippen LogP contribution in [0.5, 0.6) is 0 Å². The zero-order valence-corrected chi connectivity index (χ0v) is 24.2. The summed E-state index contributed by atoms with van der Waals surface area (Å²) in [5, 5.41) is 6.47. The van der Waals surface area contributed by atoms with E-state index in [1.807, 2.05) is 25.1 Å². The Bertz CT molecular complexity index is 1790. The molecule has 3 aromatic carbocycles. The van der Waals surface area contributed by atoms with Crippen molar-refractivity contribution in [3.63, 3.8) is 0 Å². The van der Waals surface area contributed by atoms with Gasteiger partial charge in [-0.2, -0.15) is 0 Å². The lowest BCUT2D eigenvalue weighted by molar-refractivity contribution is 0.0526. The Hall–Kier alpha value is -4.67. The number of thioether (sulfide) groups is 1. The van der Waals surface area contributed by atoms with Gasteiger partial charge < -0.3 is 19.8 Å². The first-order valence-electron chi connectivity index (χ1n) is 12.9. The van der Waals surface area contributed by atoms with Crippen molar-refractivity contribution in [2.75, 3.05) is 17.2 Å². The molecule has 0 unspecified atom stereocenters. The van der Waals surface area contributed by atoms with Crippen LogP contribution in [-0.4, -0.2) is 34.4 Å². The molecular formula is C31H25ClN4O5S. The molecule has 0 fully saturated rings. The number of benzene rings is 3. The molecule has 5 aromatic rings. The van der Waals surface area contributed by atoms with Crippen LogP contribution in [0.3, 0.4) is 0 Å². The number of furan rings is 1. The van der Waals surface area contributed by atoms with Gasteiger partial charge in [-0.3, -0.25) is 9.59 Å². The second kappa shape index (κ2) is 12.9. The maximum absolute atomic E-state index is 13.4. The average Bonchev–Trinajstić information content (AvgIpc) is 3.35. The molecule has 0 aliphatic heterocycles. The van der Waals surface area contributed by atoms with Crippen molar-refractivity contribution >= 4 is 63.5 Å². The third-order valence-corrected chi connectivity index (χ3v) is 7.29. The molecule has 0 saturated carbocycles. The van der Waals surface area contributed by atoms with E-state index >= 15 is 0 Å². The minimum absolute atomic E-state index is 0.0374. The van der Waals surface area contributed by atoms with Crippen molar-refractivity contribution in [2.45, 2.75) is 24.8 Å². The fourth-order valence-corrected chi connectivity index (χ4v) is 5.06. The number of para-hydroxylation sites is 1. The first kappa shape index (κ1) is 28.8. The second-order valence-corrected chi connectivity index (χ2v) is 10.5. The molecule has 11 heteroatoms. The number of amides is 2. The Morgan fingerprint density at radius 3 is 2.52 bits per heavy atom. The Morgan fingerprint density at radius 1 is 0.976 bits per heavy atom. The Labute approximate surface area is 250 Å². The van der Waals surface area contributed by atoms with Crippen molar-refractivity contribution in [1.82, 2.24) is 9.97 Å². The van der Waals surface area contributed by atoms with Gasteiger partial charge in [0.1, 0.15) is 11.3 Å². The number of hydrogen-bond donors (Lipinski definition) is 2. The predicted molar refractivity (Wildman–Crippen MR) is 162 cm³/mol. The lowest BCUT2D eigenvalue weighted by atomic mass is 10.2. The van der Waals surface area contributed by atoms with E-state index in [1.165, 1.54) is 18.0 Å². The van der Waals surface area contributed by atoms with E-state index in [0.717, 1.165) is 11.1 Å². The van der Waals surface area contributed by atoms with Crippen LogP contribution in [0.4, 0.5) is 11.4 Å². The van der Waals surface area contributed by atoms with Gasteiger partial charge in [0.05, 0.1) is 23.4 Å². The molecule has 42 heavy (non-hydrogen) atoms. The van der Waals surface area contributed by atoms with Gasteiger partial charge >= 0.3 is 5.97 Å². The Balaban J connectivity index is 1.37. The van der Waals surface area contributed by atoms with Gasteiger partial charge in [-0.05, 0) is 55.8 Å². The van der Waals surface area contributed by atoms with Crippen LogP contribution in [-0.2, 0) is 10.5 Å². The van der Waals surface area contributed by atoms with E-state index in [4.69, 9.17) is 20.8 Å². The summed E-state index contributed by atoms with van der Waals surface area (Å²) < 4.78 is 10.8. The van der Waals surface area contributed by atoms with Crippen LogP contribution < -0.4 is 10.6 Å². The van der Waals surface area contributed by atoms with E-state index in [9.17, 15) is 14.4 Å². The van der Waals surface area contributed by atoms with Crippen LogP contribution in [0.25, 0.3) is 11.0 Å². The summed E-state index contributed by atoms with van der Waals surface area (Å²) in [4.78, 5) is 47.3. The fourth-order valence-electron chi connectivity index (χ4n) is 4.12. The number of nitrogens with one attached hydrogen (secondary N) is 2. The van der Waals surface area contributed by atoms with E-state index in [1.54, 1.807) is 55.5 Å². The summed E-state index contributed by atoms with van der Waals surface area (Å²) in [5.41, 5.74) is 3.54. The van der Waals surface area contributed by atoms with Gasteiger partial charge in [-0.25, -0.2) is 14.8 Å². The SMILES string of the molecule is CCOC(=O)c1ccc(NC(=O)c2oc3ccccc3c2NC(=O)c2nc(SCc3cccc(C)c3)ncc2Cl)cc1. The average molecular weight is 601 g/mol. The molecule has 0 atom stereocenters. The molecule has 2 aromatic heterocycles. The minimum atomic E-state index is -0.626. The molecule has 2 amide bonds. The monoisotopic (exact) mass is 600 g/mol. The van der Waals surface area contributed by atoms with Crippen LogP contribution >= 0.6 is 23.4 Å².